The van der Waals surface area contributed by atoms with Gasteiger partial charge in [0.05, 0.1) is 6.04 Å². The second-order valence-electron chi connectivity index (χ2n) is 6.63. The van der Waals surface area contributed by atoms with Crippen LogP contribution in [0, 0.1) is 5.41 Å². The summed E-state index contributed by atoms with van der Waals surface area (Å²) in [5.41, 5.74) is 3.47. The highest BCUT2D eigenvalue weighted by Crippen LogP contribution is 2.31. The Hall–Kier alpha value is -1.35. The Labute approximate surface area is 128 Å². The van der Waals surface area contributed by atoms with Crippen molar-refractivity contribution < 1.29 is 4.79 Å². The van der Waals surface area contributed by atoms with Gasteiger partial charge in [0.25, 0.3) is 0 Å². The van der Waals surface area contributed by atoms with Gasteiger partial charge in [-0.05, 0) is 48.8 Å². The maximum absolute atomic E-state index is 12.7. The van der Waals surface area contributed by atoms with E-state index in [1.807, 2.05) is 0 Å². The number of benzene rings is 1. The highest BCUT2D eigenvalue weighted by Gasteiger charge is 2.37. The first kappa shape index (κ1) is 16.0. The molecule has 1 saturated heterocycles. The molecule has 2 N–H and O–H groups in total. The molecule has 0 radical (unpaired) electrons. The number of amides is 1. The van der Waals surface area contributed by atoms with Gasteiger partial charge in [0.15, 0.2) is 0 Å². The zero-order chi connectivity index (χ0) is 15.5. The number of carbonyl (C=O) groups is 1. The van der Waals surface area contributed by atoms with Crippen LogP contribution >= 0.6 is 0 Å². The largest absolute Gasteiger partial charge is 0.324 e. The summed E-state index contributed by atoms with van der Waals surface area (Å²) in [5, 5.41) is 6.60. The molecule has 0 aromatic heterocycles. The van der Waals surface area contributed by atoms with Gasteiger partial charge in [-0.15, -0.1) is 0 Å². The summed E-state index contributed by atoms with van der Waals surface area (Å²) in [6.45, 7) is 9.55. The van der Waals surface area contributed by atoms with Gasteiger partial charge in [-0.25, -0.2) is 0 Å². The molecular weight excluding hydrogens is 260 g/mol. The van der Waals surface area contributed by atoms with E-state index in [1.165, 1.54) is 11.1 Å². The van der Waals surface area contributed by atoms with Gasteiger partial charge in [-0.1, -0.05) is 45.9 Å². The average Bonchev–Trinajstić information content (AvgIpc) is 2.46. The van der Waals surface area contributed by atoms with Crippen molar-refractivity contribution in [1.29, 1.82) is 0 Å². The van der Waals surface area contributed by atoms with Crippen molar-refractivity contribution in [3.05, 3.63) is 29.3 Å². The van der Waals surface area contributed by atoms with Gasteiger partial charge in [-0.3, -0.25) is 4.79 Å². The minimum Gasteiger partial charge on any atom is -0.324 e. The lowest BCUT2D eigenvalue weighted by atomic mass is 9.77. The van der Waals surface area contributed by atoms with Crippen LogP contribution in [0.15, 0.2) is 18.2 Å². The Morgan fingerprint density at radius 1 is 1.29 bits per heavy atom. The number of hydrogen-bond donors (Lipinski definition) is 2. The van der Waals surface area contributed by atoms with Gasteiger partial charge in [0.2, 0.25) is 5.91 Å². The Morgan fingerprint density at radius 2 is 1.90 bits per heavy atom. The van der Waals surface area contributed by atoms with E-state index in [4.69, 9.17) is 0 Å². The molecule has 1 amide bonds. The van der Waals surface area contributed by atoms with Crippen LogP contribution in [0.4, 0.5) is 5.69 Å². The third kappa shape index (κ3) is 3.46. The molecule has 0 spiro atoms. The zero-order valence-corrected chi connectivity index (χ0v) is 13.8. The first-order valence-corrected chi connectivity index (χ1v) is 8.14. The summed E-state index contributed by atoms with van der Waals surface area (Å²) in [5.74, 6) is 0.107. The number of aryl methyl sites for hydroxylation is 2. The Morgan fingerprint density at radius 3 is 2.43 bits per heavy atom. The molecule has 1 aromatic carbocycles. The van der Waals surface area contributed by atoms with Crippen molar-refractivity contribution in [2.45, 2.75) is 59.4 Å². The second-order valence-corrected chi connectivity index (χ2v) is 6.63. The highest BCUT2D eigenvalue weighted by molar-refractivity contribution is 5.96. The number of para-hydroxylation sites is 1. The number of hydrogen-bond acceptors (Lipinski definition) is 2. The number of anilines is 1. The van der Waals surface area contributed by atoms with Crippen LogP contribution in [-0.2, 0) is 17.6 Å². The SMILES string of the molecule is CCc1cccc(CC)c1NC(=O)C1NCCCC1(C)C. The monoisotopic (exact) mass is 288 g/mol. The fourth-order valence-electron chi connectivity index (χ4n) is 3.26. The maximum Gasteiger partial charge on any atom is 0.242 e. The van der Waals surface area contributed by atoms with Crippen LogP contribution in [0.3, 0.4) is 0 Å². The number of nitrogens with one attached hydrogen (secondary N) is 2. The van der Waals surface area contributed by atoms with Crippen molar-refractivity contribution in [3.8, 4) is 0 Å². The molecule has 1 aromatic rings. The van der Waals surface area contributed by atoms with Crippen LogP contribution < -0.4 is 10.6 Å². The van der Waals surface area contributed by atoms with Crippen LogP contribution in [-0.4, -0.2) is 18.5 Å². The van der Waals surface area contributed by atoms with E-state index < -0.39 is 0 Å². The van der Waals surface area contributed by atoms with E-state index in [2.05, 4.69) is 56.5 Å². The molecule has 1 aliphatic heterocycles. The molecule has 1 unspecified atom stereocenters. The molecule has 0 saturated carbocycles. The highest BCUT2D eigenvalue weighted by atomic mass is 16.2. The Balaban J connectivity index is 2.23. The summed E-state index contributed by atoms with van der Waals surface area (Å²) >= 11 is 0. The molecule has 116 valence electrons. The van der Waals surface area contributed by atoms with Crippen LogP contribution in [0.2, 0.25) is 0 Å². The third-order valence-electron chi connectivity index (χ3n) is 4.64. The lowest BCUT2D eigenvalue weighted by Crippen LogP contribution is -2.53. The normalized spacial score (nSPS) is 21.0. The Bertz CT molecular complexity index is 486. The fourth-order valence-corrected chi connectivity index (χ4v) is 3.26. The Kier molecular flexibility index (Phi) is 5.04. The zero-order valence-electron chi connectivity index (χ0n) is 13.8. The first-order valence-electron chi connectivity index (χ1n) is 8.14. The minimum absolute atomic E-state index is 0.00979. The smallest absolute Gasteiger partial charge is 0.242 e. The molecule has 0 bridgehead atoms. The van der Waals surface area contributed by atoms with Crippen molar-refractivity contribution in [2.24, 2.45) is 5.41 Å². The first-order chi connectivity index (χ1) is 9.99. The topological polar surface area (TPSA) is 41.1 Å². The lowest BCUT2D eigenvalue weighted by molar-refractivity contribution is -0.121. The van der Waals surface area contributed by atoms with E-state index >= 15 is 0 Å². The van der Waals surface area contributed by atoms with Crippen LogP contribution in [0.25, 0.3) is 0 Å². The van der Waals surface area contributed by atoms with E-state index in [1.54, 1.807) is 0 Å². The van der Waals surface area contributed by atoms with E-state index in [9.17, 15) is 4.79 Å². The summed E-state index contributed by atoms with van der Waals surface area (Å²) < 4.78 is 0. The van der Waals surface area contributed by atoms with E-state index in [0.29, 0.717) is 0 Å². The standard InChI is InChI=1S/C18H28N2O/c1-5-13-9-7-10-14(6-2)15(13)20-17(21)16-18(3,4)11-8-12-19-16/h7,9-10,16,19H,5-6,8,11-12H2,1-4H3,(H,20,21). The fraction of sp³-hybridized carbons (Fsp3) is 0.611. The second kappa shape index (κ2) is 6.61. The van der Waals surface area contributed by atoms with Crippen molar-refractivity contribution >= 4 is 11.6 Å². The van der Waals surface area contributed by atoms with E-state index in [-0.39, 0.29) is 17.4 Å². The third-order valence-corrected chi connectivity index (χ3v) is 4.64. The van der Waals surface area contributed by atoms with Gasteiger partial charge >= 0.3 is 0 Å². The minimum atomic E-state index is -0.110. The molecule has 3 heteroatoms. The number of carbonyl (C=O) groups excluding carboxylic acids is 1. The quantitative estimate of drug-likeness (QED) is 0.890. The average molecular weight is 288 g/mol. The van der Waals surface area contributed by atoms with Crippen molar-refractivity contribution in [1.82, 2.24) is 5.32 Å². The van der Waals surface area contributed by atoms with Gasteiger partial charge in [-0.2, -0.15) is 0 Å². The van der Waals surface area contributed by atoms with Crippen LogP contribution in [0.5, 0.6) is 0 Å². The summed E-state index contributed by atoms with van der Waals surface area (Å²) in [7, 11) is 0. The number of rotatable bonds is 4. The van der Waals surface area contributed by atoms with Gasteiger partial charge in [0, 0.05) is 5.69 Å². The maximum atomic E-state index is 12.7. The molecule has 1 atom stereocenters. The summed E-state index contributed by atoms with van der Waals surface area (Å²) in [6, 6.07) is 6.18. The molecule has 1 heterocycles. The molecular formula is C18H28N2O. The molecule has 0 aliphatic carbocycles. The summed E-state index contributed by atoms with van der Waals surface area (Å²) in [4.78, 5) is 12.7. The van der Waals surface area contributed by atoms with Gasteiger partial charge < -0.3 is 10.6 Å². The van der Waals surface area contributed by atoms with Crippen molar-refractivity contribution in [2.75, 3.05) is 11.9 Å². The van der Waals surface area contributed by atoms with Gasteiger partial charge in [0.1, 0.15) is 0 Å². The molecule has 1 fully saturated rings. The molecule has 2 rings (SSSR count). The molecule has 1 aliphatic rings. The predicted molar refractivity (Wildman–Crippen MR) is 88.6 cm³/mol. The lowest BCUT2D eigenvalue weighted by Gasteiger charge is -2.38. The number of piperidine rings is 1. The summed E-state index contributed by atoms with van der Waals surface area (Å²) in [6.07, 6.45) is 4.10. The van der Waals surface area contributed by atoms with E-state index in [0.717, 1.165) is 37.9 Å². The molecule has 3 nitrogen and oxygen atoms in total. The van der Waals surface area contributed by atoms with Crippen LogP contribution in [0.1, 0.15) is 51.7 Å². The van der Waals surface area contributed by atoms with Crippen molar-refractivity contribution in [3.63, 3.8) is 0 Å². The predicted octanol–water partition coefficient (Wildman–Crippen LogP) is 3.53. The molecule has 21 heavy (non-hydrogen) atoms.